The van der Waals surface area contributed by atoms with E-state index in [1.165, 1.54) is 0 Å². The maximum atomic E-state index is 5.62. The number of nitrogens with one attached hydrogen (secondary N) is 1. The lowest BCUT2D eigenvalue weighted by molar-refractivity contribution is 0.288. The zero-order valence-corrected chi connectivity index (χ0v) is 12.5. The van der Waals surface area contributed by atoms with Crippen molar-refractivity contribution in [3.8, 4) is 11.5 Å². The van der Waals surface area contributed by atoms with Gasteiger partial charge >= 0.3 is 0 Å². The Bertz CT molecular complexity index is 617. The molecule has 21 heavy (non-hydrogen) atoms. The van der Waals surface area contributed by atoms with Crippen molar-refractivity contribution in [1.82, 2.24) is 9.97 Å². The molecule has 6 nitrogen and oxygen atoms in total. The molecule has 112 valence electrons. The fraction of sp³-hybridized carbons (Fsp3) is 0.333. The van der Waals surface area contributed by atoms with Crippen molar-refractivity contribution < 1.29 is 9.47 Å². The Balaban J connectivity index is 2.27. The van der Waals surface area contributed by atoms with Crippen molar-refractivity contribution in [2.75, 3.05) is 24.3 Å². The zero-order valence-electron chi connectivity index (χ0n) is 12.5. The highest BCUT2D eigenvalue weighted by atomic mass is 16.5. The molecule has 0 saturated carbocycles. The summed E-state index contributed by atoms with van der Waals surface area (Å²) in [4.78, 5) is 8.13. The summed E-state index contributed by atoms with van der Waals surface area (Å²) < 4.78 is 11.1. The first-order valence-electron chi connectivity index (χ1n) is 6.89. The molecule has 0 fully saturated rings. The summed E-state index contributed by atoms with van der Waals surface area (Å²) in [7, 11) is 0. The van der Waals surface area contributed by atoms with Gasteiger partial charge in [0, 0.05) is 23.5 Å². The second kappa shape index (κ2) is 6.78. The van der Waals surface area contributed by atoms with Gasteiger partial charge in [-0.05, 0) is 32.9 Å². The smallest absolute Gasteiger partial charge is 0.221 e. The van der Waals surface area contributed by atoms with Crippen LogP contribution in [-0.4, -0.2) is 23.2 Å². The SMILES string of the molecule is CCOc1ccc(Nc2nc(N)ncc2C)cc1OCC. The molecule has 0 aliphatic heterocycles. The average Bonchev–Trinajstić information content (AvgIpc) is 2.46. The average molecular weight is 288 g/mol. The first kappa shape index (κ1) is 14.9. The highest BCUT2D eigenvalue weighted by Gasteiger charge is 2.08. The molecule has 0 unspecified atom stereocenters. The molecule has 0 radical (unpaired) electrons. The highest BCUT2D eigenvalue weighted by Crippen LogP contribution is 2.32. The molecule has 1 heterocycles. The van der Waals surface area contributed by atoms with Crippen LogP contribution < -0.4 is 20.5 Å². The number of aryl methyl sites for hydroxylation is 1. The number of hydrogen-bond donors (Lipinski definition) is 2. The van der Waals surface area contributed by atoms with Crippen molar-refractivity contribution in [2.45, 2.75) is 20.8 Å². The zero-order chi connectivity index (χ0) is 15.2. The van der Waals surface area contributed by atoms with E-state index in [9.17, 15) is 0 Å². The van der Waals surface area contributed by atoms with Crippen LogP contribution in [0.3, 0.4) is 0 Å². The minimum absolute atomic E-state index is 0.235. The van der Waals surface area contributed by atoms with Gasteiger partial charge in [0.05, 0.1) is 13.2 Å². The van der Waals surface area contributed by atoms with Crippen LogP contribution in [0.1, 0.15) is 19.4 Å². The Labute approximate surface area is 124 Å². The minimum atomic E-state index is 0.235. The lowest BCUT2D eigenvalue weighted by Crippen LogP contribution is -2.03. The second-order valence-electron chi connectivity index (χ2n) is 4.41. The predicted octanol–water partition coefficient (Wildman–Crippen LogP) is 2.91. The molecule has 2 aromatic rings. The molecule has 0 spiro atoms. The van der Waals surface area contributed by atoms with E-state index in [1.807, 2.05) is 39.0 Å². The van der Waals surface area contributed by atoms with E-state index >= 15 is 0 Å². The molecule has 0 bridgehead atoms. The Kier molecular flexibility index (Phi) is 4.81. The van der Waals surface area contributed by atoms with E-state index in [4.69, 9.17) is 15.2 Å². The second-order valence-corrected chi connectivity index (χ2v) is 4.41. The number of ether oxygens (including phenoxy) is 2. The van der Waals surface area contributed by atoms with Gasteiger partial charge in [-0.3, -0.25) is 0 Å². The van der Waals surface area contributed by atoms with Crippen LogP contribution >= 0.6 is 0 Å². The molecular weight excluding hydrogens is 268 g/mol. The molecule has 0 aliphatic rings. The molecule has 6 heteroatoms. The number of anilines is 3. The van der Waals surface area contributed by atoms with Crippen molar-refractivity contribution >= 4 is 17.5 Å². The summed E-state index contributed by atoms with van der Waals surface area (Å²) in [5, 5.41) is 3.21. The normalized spacial score (nSPS) is 10.2. The number of aromatic nitrogens is 2. The number of nitrogens with two attached hydrogens (primary N) is 1. The van der Waals surface area contributed by atoms with E-state index in [0.29, 0.717) is 24.8 Å². The van der Waals surface area contributed by atoms with Crippen molar-refractivity contribution in [3.05, 3.63) is 30.0 Å². The molecule has 1 aromatic heterocycles. The molecule has 3 N–H and O–H groups in total. The standard InChI is InChI=1S/C15H20N4O2/c1-4-20-12-7-6-11(8-13(12)21-5-2)18-14-10(3)9-17-15(16)19-14/h6-9H,4-5H2,1-3H3,(H3,16,17,18,19). The summed E-state index contributed by atoms with van der Waals surface area (Å²) in [5.41, 5.74) is 7.38. The lowest BCUT2D eigenvalue weighted by Gasteiger charge is -2.14. The Morgan fingerprint density at radius 3 is 2.57 bits per heavy atom. The van der Waals surface area contributed by atoms with Crippen LogP contribution in [-0.2, 0) is 0 Å². The first-order chi connectivity index (χ1) is 10.1. The molecular formula is C15H20N4O2. The maximum absolute atomic E-state index is 5.62. The fourth-order valence-electron chi connectivity index (χ4n) is 1.85. The summed E-state index contributed by atoms with van der Waals surface area (Å²) >= 11 is 0. The van der Waals surface area contributed by atoms with E-state index in [1.54, 1.807) is 6.20 Å². The Morgan fingerprint density at radius 1 is 1.14 bits per heavy atom. The van der Waals surface area contributed by atoms with Gasteiger partial charge in [-0.1, -0.05) is 0 Å². The topological polar surface area (TPSA) is 82.3 Å². The predicted molar refractivity (Wildman–Crippen MR) is 83.2 cm³/mol. The van der Waals surface area contributed by atoms with E-state index < -0.39 is 0 Å². The van der Waals surface area contributed by atoms with Gasteiger partial charge in [0.2, 0.25) is 5.95 Å². The van der Waals surface area contributed by atoms with Crippen LogP contribution in [0.5, 0.6) is 11.5 Å². The van der Waals surface area contributed by atoms with Gasteiger partial charge in [0.1, 0.15) is 5.82 Å². The molecule has 0 amide bonds. The number of nitrogen functional groups attached to an aromatic ring is 1. The monoisotopic (exact) mass is 288 g/mol. The van der Waals surface area contributed by atoms with Gasteiger partial charge in [-0.15, -0.1) is 0 Å². The number of benzene rings is 1. The van der Waals surface area contributed by atoms with Gasteiger partial charge in [-0.25, -0.2) is 4.98 Å². The van der Waals surface area contributed by atoms with Crippen molar-refractivity contribution in [1.29, 1.82) is 0 Å². The maximum Gasteiger partial charge on any atom is 0.221 e. The Morgan fingerprint density at radius 2 is 1.86 bits per heavy atom. The third kappa shape index (κ3) is 3.75. The summed E-state index contributed by atoms with van der Waals surface area (Å²) in [6, 6.07) is 5.66. The summed E-state index contributed by atoms with van der Waals surface area (Å²) in [6.07, 6.45) is 1.68. The number of rotatable bonds is 6. The summed E-state index contributed by atoms with van der Waals surface area (Å²) in [5.74, 6) is 2.33. The third-order valence-corrected chi connectivity index (χ3v) is 2.80. The molecule has 2 rings (SSSR count). The van der Waals surface area contributed by atoms with E-state index in [-0.39, 0.29) is 5.95 Å². The summed E-state index contributed by atoms with van der Waals surface area (Å²) in [6.45, 7) is 6.96. The first-order valence-corrected chi connectivity index (χ1v) is 6.89. The van der Waals surface area contributed by atoms with Gasteiger partial charge in [0.15, 0.2) is 11.5 Å². The number of nitrogens with zero attached hydrogens (tertiary/aromatic N) is 2. The van der Waals surface area contributed by atoms with Crippen molar-refractivity contribution in [2.24, 2.45) is 0 Å². The van der Waals surface area contributed by atoms with Crippen LogP contribution in [0.15, 0.2) is 24.4 Å². The Hall–Kier alpha value is -2.50. The van der Waals surface area contributed by atoms with Crippen molar-refractivity contribution in [3.63, 3.8) is 0 Å². The molecule has 1 aromatic carbocycles. The highest BCUT2D eigenvalue weighted by molar-refractivity contribution is 5.63. The lowest BCUT2D eigenvalue weighted by atomic mass is 10.2. The molecule has 0 saturated heterocycles. The van der Waals surface area contributed by atoms with Crippen LogP contribution in [0.4, 0.5) is 17.5 Å². The minimum Gasteiger partial charge on any atom is -0.490 e. The van der Waals surface area contributed by atoms with Crippen LogP contribution in [0.25, 0.3) is 0 Å². The van der Waals surface area contributed by atoms with Gasteiger partial charge < -0.3 is 20.5 Å². The van der Waals surface area contributed by atoms with Gasteiger partial charge in [0.25, 0.3) is 0 Å². The van der Waals surface area contributed by atoms with Crippen LogP contribution in [0, 0.1) is 6.92 Å². The quantitative estimate of drug-likeness (QED) is 0.850. The molecule has 0 aliphatic carbocycles. The van der Waals surface area contributed by atoms with Crippen LogP contribution in [0.2, 0.25) is 0 Å². The number of hydrogen-bond acceptors (Lipinski definition) is 6. The fourth-order valence-corrected chi connectivity index (χ4v) is 1.85. The molecule has 0 atom stereocenters. The van der Waals surface area contributed by atoms with E-state index in [0.717, 1.165) is 17.0 Å². The largest absolute Gasteiger partial charge is 0.490 e. The third-order valence-electron chi connectivity index (χ3n) is 2.80. The van der Waals surface area contributed by atoms with Gasteiger partial charge in [-0.2, -0.15) is 4.98 Å². The van der Waals surface area contributed by atoms with E-state index in [2.05, 4.69) is 15.3 Å².